The Morgan fingerprint density at radius 2 is 1.90 bits per heavy atom. The normalized spacial score (nSPS) is 31.5. The van der Waals surface area contributed by atoms with E-state index >= 15 is 0 Å². The first-order valence-electron chi connectivity index (χ1n) is 7.99. The summed E-state index contributed by atoms with van der Waals surface area (Å²) in [5.41, 5.74) is 6.48. The predicted octanol–water partition coefficient (Wildman–Crippen LogP) is 2.48. The quantitative estimate of drug-likeness (QED) is 0.861. The molecular weight excluding hydrogens is 250 g/mol. The lowest BCUT2D eigenvalue weighted by molar-refractivity contribution is 0.103. The Morgan fingerprint density at radius 3 is 2.45 bits per heavy atom. The molecule has 0 radical (unpaired) electrons. The summed E-state index contributed by atoms with van der Waals surface area (Å²) < 4.78 is 5.20. The third-order valence-corrected chi connectivity index (χ3v) is 5.21. The molecule has 1 fully saturated rings. The molecule has 20 heavy (non-hydrogen) atoms. The van der Waals surface area contributed by atoms with Crippen molar-refractivity contribution in [2.24, 2.45) is 28.0 Å². The maximum Gasteiger partial charge on any atom is 0.191 e. The average molecular weight is 281 g/mol. The molecule has 0 amide bonds. The van der Waals surface area contributed by atoms with Gasteiger partial charge in [0.15, 0.2) is 5.96 Å². The average Bonchev–Trinajstić information content (AvgIpc) is 2.77. The molecule has 0 aromatic heterocycles. The molecule has 2 rings (SSSR count). The van der Waals surface area contributed by atoms with Gasteiger partial charge in [0.1, 0.15) is 0 Å². The fourth-order valence-electron chi connectivity index (χ4n) is 3.79. The van der Waals surface area contributed by atoms with E-state index in [1.807, 2.05) is 0 Å². The van der Waals surface area contributed by atoms with Gasteiger partial charge in [-0.3, -0.25) is 4.99 Å². The molecule has 1 atom stereocenters. The SMILES string of the molecule is COCCN1C(N)=NCC1C1CCC(C(C)(C)C)CC1. The number of nitrogens with zero attached hydrogens (tertiary/aromatic N) is 2. The van der Waals surface area contributed by atoms with E-state index in [2.05, 4.69) is 30.7 Å². The summed E-state index contributed by atoms with van der Waals surface area (Å²) in [5.74, 6) is 2.33. The van der Waals surface area contributed by atoms with Crippen LogP contribution < -0.4 is 5.73 Å². The summed E-state index contributed by atoms with van der Waals surface area (Å²) in [4.78, 5) is 6.73. The van der Waals surface area contributed by atoms with Crippen LogP contribution in [0.1, 0.15) is 46.5 Å². The molecule has 4 heteroatoms. The van der Waals surface area contributed by atoms with Crippen LogP contribution in [0.15, 0.2) is 4.99 Å². The highest BCUT2D eigenvalue weighted by atomic mass is 16.5. The van der Waals surface area contributed by atoms with Crippen LogP contribution in [-0.2, 0) is 4.74 Å². The van der Waals surface area contributed by atoms with E-state index in [0.717, 1.165) is 31.5 Å². The number of methoxy groups -OCH3 is 1. The smallest absolute Gasteiger partial charge is 0.191 e. The van der Waals surface area contributed by atoms with Crippen LogP contribution in [-0.4, -0.2) is 43.7 Å². The Kier molecular flexibility index (Phi) is 4.95. The molecule has 1 aliphatic heterocycles. The summed E-state index contributed by atoms with van der Waals surface area (Å²) in [5, 5.41) is 0. The summed E-state index contributed by atoms with van der Waals surface area (Å²) >= 11 is 0. The summed E-state index contributed by atoms with van der Waals surface area (Å²) in [6, 6.07) is 0.506. The fourth-order valence-corrected chi connectivity index (χ4v) is 3.79. The van der Waals surface area contributed by atoms with Gasteiger partial charge in [0.05, 0.1) is 19.2 Å². The van der Waals surface area contributed by atoms with Crippen LogP contribution >= 0.6 is 0 Å². The van der Waals surface area contributed by atoms with Gasteiger partial charge < -0.3 is 15.4 Å². The summed E-state index contributed by atoms with van der Waals surface area (Å²) in [7, 11) is 1.74. The van der Waals surface area contributed by atoms with Crippen molar-refractivity contribution in [1.29, 1.82) is 0 Å². The number of rotatable bonds is 4. The van der Waals surface area contributed by atoms with Crippen LogP contribution in [0.25, 0.3) is 0 Å². The highest BCUT2D eigenvalue weighted by Crippen LogP contribution is 2.41. The number of hydrogen-bond acceptors (Lipinski definition) is 4. The second kappa shape index (κ2) is 6.33. The predicted molar refractivity (Wildman–Crippen MR) is 83.8 cm³/mol. The van der Waals surface area contributed by atoms with Crippen molar-refractivity contribution in [2.45, 2.75) is 52.5 Å². The number of nitrogens with two attached hydrogens (primary N) is 1. The van der Waals surface area contributed by atoms with Crippen molar-refractivity contribution in [2.75, 3.05) is 26.8 Å². The van der Waals surface area contributed by atoms with Crippen molar-refractivity contribution in [1.82, 2.24) is 4.90 Å². The monoisotopic (exact) mass is 281 g/mol. The molecule has 1 aliphatic carbocycles. The molecule has 1 heterocycles. The first-order chi connectivity index (χ1) is 9.43. The standard InChI is InChI=1S/C16H31N3O/c1-16(2,3)13-7-5-12(6-8-13)14-11-18-15(17)19(14)9-10-20-4/h12-14H,5-11H2,1-4H3,(H2,17,18). The van der Waals surface area contributed by atoms with Crippen molar-refractivity contribution < 1.29 is 4.74 Å². The van der Waals surface area contributed by atoms with Crippen molar-refractivity contribution >= 4 is 5.96 Å². The minimum atomic E-state index is 0.450. The maximum absolute atomic E-state index is 6.03. The topological polar surface area (TPSA) is 50.9 Å². The van der Waals surface area contributed by atoms with Crippen molar-refractivity contribution in [3.8, 4) is 0 Å². The minimum absolute atomic E-state index is 0.450. The lowest BCUT2D eigenvalue weighted by Gasteiger charge is -2.41. The summed E-state index contributed by atoms with van der Waals surface area (Å²) in [6.45, 7) is 9.60. The Labute approximate surface area is 123 Å². The minimum Gasteiger partial charge on any atom is -0.383 e. The van der Waals surface area contributed by atoms with E-state index in [1.165, 1.54) is 25.7 Å². The second-order valence-electron chi connectivity index (χ2n) is 7.43. The van der Waals surface area contributed by atoms with Crippen molar-refractivity contribution in [3.05, 3.63) is 0 Å². The first kappa shape index (κ1) is 15.6. The number of hydrogen-bond donors (Lipinski definition) is 1. The third-order valence-electron chi connectivity index (χ3n) is 5.21. The van der Waals surface area contributed by atoms with Gasteiger partial charge >= 0.3 is 0 Å². The molecule has 2 aliphatic rings. The van der Waals surface area contributed by atoms with Gasteiger partial charge in [0.2, 0.25) is 0 Å². The number of guanidine groups is 1. The largest absolute Gasteiger partial charge is 0.383 e. The van der Waals surface area contributed by atoms with E-state index in [9.17, 15) is 0 Å². The van der Waals surface area contributed by atoms with Crippen LogP contribution in [0, 0.1) is 17.3 Å². The van der Waals surface area contributed by atoms with Crippen LogP contribution in [0.5, 0.6) is 0 Å². The van der Waals surface area contributed by atoms with E-state index in [4.69, 9.17) is 10.5 Å². The molecule has 0 bridgehead atoms. The Bertz CT molecular complexity index is 340. The Morgan fingerprint density at radius 1 is 1.25 bits per heavy atom. The van der Waals surface area contributed by atoms with Crippen LogP contribution in [0.2, 0.25) is 0 Å². The zero-order valence-corrected chi connectivity index (χ0v) is 13.6. The maximum atomic E-state index is 6.03. The van der Waals surface area contributed by atoms with Gasteiger partial charge in [0, 0.05) is 13.7 Å². The molecule has 0 aromatic rings. The molecule has 0 spiro atoms. The highest BCUT2D eigenvalue weighted by Gasteiger charge is 2.37. The molecule has 1 unspecified atom stereocenters. The van der Waals surface area contributed by atoms with Gasteiger partial charge in [-0.2, -0.15) is 0 Å². The van der Waals surface area contributed by atoms with E-state index in [1.54, 1.807) is 7.11 Å². The van der Waals surface area contributed by atoms with Gasteiger partial charge in [0.25, 0.3) is 0 Å². The first-order valence-corrected chi connectivity index (χ1v) is 7.99. The van der Waals surface area contributed by atoms with Gasteiger partial charge in [-0.15, -0.1) is 0 Å². The molecule has 1 saturated carbocycles. The zero-order chi connectivity index (χ0) is 14.8. The van der Waals surface area contributed by atoms with Crippen LogP contribution in [0.3, 0.4) is 0 Å². The Hall–Kier alpha value is -0.770. The molecule has 116 valence electrons. The number of aliphatic imine (C=N–C) groups is 1. The molecule has 4 nitrogen and oxygen atoms in total. The highest BCUT2D eigenvalue weighted by molar-refractivity contribution is 5.80. The molecular formula is C16H31N3O. The Balaban J connectivity index is 1.90. The van der Waals surface area contributed by atoms with Crippen LogP contribution in [0.4, 0.5) is 0 Å². The van der Waals surface area contributed by atoms with Gasteiger partial charge in [-0.1, -0.05) is 20.8 Å². The third kappa shape index (κ3) is 3.46. The number of ether oxygens (including phenoxy) is 1. The lowest BCUT2D eigenvalue weighted by Crippen LogP contribution is -2.47. The summed E-state index contributed by atoms with van der Waals surface area (Å²) in [6.07, 6.45) is 5.34. The van der Waals surface area contributed by atoms with Gasteiger partial charge in [-0.05, 0) is 42.9 Å². The van der Waals surface area contributed by atoms with E-state index in [-0.39, 0.29) is 0 Å². The van der Waals surface area contributed by atoms with E-state index in [0.29, 0.717) is 17.4 Å². The zero-order valence-electron chi connectivity index (χ0n) is 13.6. The van der Waals surface area contributed by atoms with E-state index < -0.39 is 0 Å². The van der Waals surface area contributed by atoms with Gasteiger partial charge in [-0.25, -0.2) is 0 Å². The molecule has 0 saturated heterocycles. The molecule has 0 aromatic carbocycles. The lowest BCUT2D eigenvalue weighted by atomic mass is 9.68. The van der Waals surface area contributed by atoms with Crippen molar-refractivity contribution in [3.63, 3.8) is 0 Å². The fraction of sp³-hybridized carbons (Fsp3) is 0.938. The molecule has 2 N–H and O–H groups in total. The second-order valence-corrected chi connectivity index (χ2v) is 7.43.